The molecule has 0 bridgehead atoms. The van der Waals surface area contributed by atoms with Crippen LogP contribution in [0.25, 0.3) is 11.1 Å². The lowest BCUT2D eigenvalue weighted by Gasteiger charge is -2.11. The van der Waals surface area contributed by atoms with Gasteiger partial charge in [-0.1, -0.05) is 97.1 Å². The van der Waals surface area contributed by atoms with E-state index in [-0.39, 0.29) is 0 Å². The van der Waals surface area contributed by atoms with E-state index in [1.54, 1.807) is 0 Å². The van der Waals surface area contributed by atoms with E-state index in [2.05, 4.69) is 72.8 Å². The molecule has 3 aromatic carbocycles. The predicted octanol–water partition coefficient (Wildman–Crippen LogP) is 5.51. The minimum Gasteiger partial charge on any atom is -0.0890 e. The van der Waals surface area contributed by atoms with Crippen molar-refractivity contribution in [2.75, 3.05) is 0 Å². The fourth-order valence-corrected chi connectivity index (χ4v) is 2.99. The molecular formula is C21H18S. The molecule has 0 nitrogen and oxygen atoms in total. The maximum atomic E-state index is 5.63. The van der Waals surface area contributed by atoms with Crippen LogP contribution in [0.1, 0.15) is 11.1 Å². The Morgan fingerprint density at radius 2 is 1.23 bits per heavy atom. The van der Waals surface area contributed by atoms with Crippen molar-refractivity contribution >= 4 is 17.1 Å². The molecule has 108 valence electrons. The van der Waals surface area contributed by atoms with Gasteiger partial charge in [-0.3, -0.25) is 0 Å². The SMILES string of the molecule is S=C(Cc1ccccc1)Cc1ccccc1-c1ccccc1. The van der Waals surface area contributed by atoms with Crippen LogP contribution >= 0.6 is 12.2 Å². The molecule has 0 fully saturated rings. The summed E-state index contributed by atoms with van der Waals surface area (Å²) in [6, 6.07) is 29.5. The van der Waals surface area contributed by atoms with Gasteiger partial charge in [0, 0.05) is 17.7 Å². The summed E-state index contributed by atoms with van der Waals surface area (Å²) in [6.45, 7) is 0. The third kappa shape index (κ3) is 3.69. The molecule has 3 aromatic rings. The number of hydrogen-bond donors (Lipinski definition) is 0. The molecule has 0 saturated heterocycles. The van der Waals surface area contributed by atoms with Crippen LogP contribution in [-0.4, -0.2) is 4.86 Å². The molecule has 0 radical (unpaired) electrons. The highest BCUT2D eigenvalue weighted by molar-refractivity contribution is 7.80. The highest BCUT2D eigenvalue weighted by Gasteiger charge is 2.07. The van der Waals surface area contributed by atoms with Gasteiger partial charge in [-0.2, -0.15) is 0 Å². The van der Waals surface area contributed by atoms with E-state index in [0.717, 1.165) is 17.7 Å². The first-order valence-corrected chi connectivity index (χ1v) is 7.93. The molecule has 0 spiro atoms. The number of thiocarbonyl (C=S) groups is 1. The molecule has 0 unspecified atom stereocenters. The van der Waals surface area contributed by atoms with Crippen LogP contribution in [0, 0.1) is 0 Å². The van der Waals surface area contributed by atoms with Crippen molar-refractivity contribution in [2.24, 2.45) is 0 Å². The lowest BCUT2D eigenvalue weighted by atomic mass is 9.95. The Bertz CT molecular complexity index is 745. The molecular weight excluding hydrogens is 284 g/mol. The summed E-state index contributed by atoms with van der Waals surface area (Å²) >= 11 is 5.63. The van der Waals surface area contributed by atoms with E-state index >= 15 is 0 Å². The number of hydrogen-bond acceptors (Lipinski definition) is 1. The molecule has 0 heterocycles. The standard InChI is InChI=1S/C21H18S/c22-20(15-17-9-3-1-4-10-17)16-19-13-7-8-14-21(19)18-11-5-2-6-12-18/h1-14H,15-16H2. The van der Waals surface area contributed by atoms with Crippen molar-refractivity contribution in [1.82, 2.24) is 0 Å². The van der Waals surface area contributed by atoms with Crippen LogP contribution in [0.3, 0.4) is 0 Å². The Morgan fingerprint density at radius 1 is 0.636 bits per heavy atom. The average Bonchev–Trinajstić information content (AvgIpc) is 2.57. The summed E-state index contributed by atoms with van der Waals surface area (Å²) in [5.74, 6) is 0. The summed E-state index contributed by atoms with van der Waals surface area (Å²) in [5.41, 5.74) is 5.11. The highest BCUT2D eigenvalue weighted by Crippen LogP contribution is 2.24. The zero-order valence-corrected chi connectivity index (χ0v) is 13.2. The zero-order valence-electron chi connectivity index (χ0n) is 12.4. The molecule has 0 aromatic heterocycles. The summed E-state index contributed by atoms with van der Waals surface area (Å²) in [4.78, 5) is 1.08. The molecule has 0 amide bonds. The minimum atomic E-state index is 0.843. The van der Waals surface area contributed by atoms with Gasteiger partial charge in [0.05, 0.1) is 0 Å². The molecule has 0 saturated carbocycles. The normalized spacial score (nSPS) is 10.4. The second-order valence-corrected chi connectivity index (χ2v) is 5.98. The largest absolute Gasteiger partial charge is 0.0890 e. The van der Waals surface area contributed by atoms with Gasteiger partial charge in [0.25, 0.3) is 0 Å². The third-order valence-corrected chi connectivity index (χ3v) is 4.02. The van der Waals surface area contributed by atoms with Crippen LogP contribution in [-0.2, 0) is 12.8 Å². The average molecular weight is 302 g/mol. The maximum Gasteiger partial charge on any atom is 0.00477 e. The Morgan fingerprint density at radius 3 is 1.95 bits per heavy atom. The fraction of sp³-hybridized carbons (Fsp3) is 0.0952. The summed E-state index contributed by atoms with van der Waals surface area (Å²) < 4.78 is 0. The van der Waals surface area contributed by atoms with Crippen LogP contribution in [0.15, 0.2) is 84.9 Å². The van der Waals surface area contributed by atoms with E-state index < -0.39 is 0 Å². The summed E-state index contributed by atoms with van der Waals surface area (Å²) in [5, 5.41) is 0. The van der Waals surface area contributed by atoms with Crippen molar-refractivity contribution in [3.05, 3.63) is 96.1 Å². The van der Waals surface area contributed by atoms with Gasteiger partial charge in [-0.15, -0.1) is 0 Å². The summed E-state index contributed by atoms with van der Waals surface area (Å²) in [6.07, 6.45) is 1.70. The minimum absolute atomic E-state index is 0.843. The Labute approximate surface area is 137 Å². The van der Waals surface area contributed by atoms with E-state index in [4.69, 9.17) is 12.2 Å². The lowest BCUT2D eigenvalue weighted by molar-refractivity contribution is 1.25. The van der Waals surface area contributed by atoms with Crippen molar-refractivity contribution < 1.29 is 0 Å². The van der Waals surface area contributed by atoms with Gasteiger partial charge >= 0.3 is 0 Å². The maximum absolute atomic E-state index is 5.63. The van der Waals surface area contributed by atoms with Crippen LogP contribution in [0.5, 0.6) is 0 Å². The number of benzene rings is 3. The second kappa shape index (κ2) is 7.15. The van der Waals surface area contributed by atoms with Gasteiger partial charge in [0.2, 0.25) is 0 Å². The molecule has 0 N–H and O–H groups in total. The molecule has 0 aliphatic heterocycles. The van der Waals surface area contributed by atoms with Crippen molar-refractivity contribution in [3.63, 3.8) is 0 Å². The second-order valence-electron chi connectivity index (χ2n) is 5.40. The van der Waals surface area contributed by atoms with E-state index in [0.29, 0.717) is 0 Å². The molecule has 22 heavy (non-hydrogen) atoms. The molecule has 0 atom stereocenters. The van der Waals surface area contributed by atoms with E-state index in [9.17, 15) is 0 Å². The summed E-state index contributed by atoms with van der Waals surface area (Å²) in [7, 11) is 0. The molecule has 1 heteroatoms. The van der Waals surface area contributed by atoms with Crippen LogP contribution < -0.4 is 0 Å². The van der Waals surface area contributed by atoms with Crippen LogP contribution in [0.2, 0.25) is 0 Å². The van der Waals surface area contributed by atoms with E-state index in [1.807, 2.05) is 12.1 Å². The smallest absolute Gasteiger partial charge is 0.00477 e. The quantitative estimate of drug-likeness (QED) is 0.560. The zero-order chi connectivity index (χ0) is 15.2. The van der Waals surface area contributed by atoms with Gasteiger partial charge in [0.15, 0.2) is 0 Å². The van der Waals surface area contributed by atoms with Gasteiger partial charge in [0.1, 0.15) is 0 Å². The first-order chi connectivity index (χ1) is 10.8. The van der Waals surface area contributed by atoms with E-state index in [1.165, 1.54) is 22.3 Å². The predicted molar refractivity (Wildman–Crippen MR) is 98.3 cm³/mol. The number of rotatable bonds is 5. The van der Waals surface area contributed by atoms with Crippen molar-refractivity contribution in [2.45, 2.75) is 12.8 Å². The Balaban J connectivity index is 1.80. The van der Waals surface area contributed by atoms with Crippen molar-refractivity contribution in [1.29, 1.82) is 0 Å². The highest BCUT2D eigenvalue weighted by atomic mass is 32.1. The fourth-order valence-electron chi connectivity index (χ4n) is 2.67. The monoisotopic (exact) mass is 302 g/mol. The van der Waals surface area contributed by atoms with Gasteiger partial charge in [-0.05, 0) is 22.3 Å². The Kier molecular flexibility index (Phi) is 4.77. The first kappa shape index (κ1) is 14.7. The molecule has 3 rings (SSSR count). The molecule has 0 aliphatic rings. The molecule has 0 aliphatic carbocycles. The van der Waals surface area contributed by atoms with Crippen LogP contribution in [0.4, 0.5) is 0 Å². The topological polar surface area (TPSA) is 0 Å². The third-order valence-electron chi connectivity index (χ3n) is 3.73. The first-order valence-electron chi connectivity index (χ1n) is 7.52. The Hall–Kier alpha value is -2.25. The van der Waals surface area contributed by atoms with Crippen molar-refractivity contribution in [3.8, 4) is 11.1 Å². The lowest BCUT2D eigenvalue weighted by Crippen LogP contribution is -2.05. The van der Waals surface area contributed by atoms with Gasteiger partial charge < -0.3 is 0 Å². The van der Waals surface area contributed by atoms with Gasteiger partial charge in [-0.25, -0.2) is 0 Å².